The summed E-state index contributed by atoms with van der Waals surface area (Å²) in [5.41, 5.74) is 4.72. The van der Waals surface area contributed by atoms with Gasteiger partial charge in [0.05, 0.1) is 5.56 Å². The van der Waals surface area contributed by atoms with Crippen molar-refractivity contribution < 1.29 is 9.53 Å². The lowest BCUT2D eigenvalue weighted by atomic mass is 10.1. The molecule has 2 N–H and O–H groups in total. The van der Waals surface area contributed by atoms with Gasteiger partial charge in [-0.05, 0) is 30.7 Å². The Kier molecular flexibility index (Phi) is 4.32. The highest BCUT2D eigenvalue weighted by Gasteiger charge is 2.26. The van der Waals surface area contributed by atoms with E-state index in [1.807, 2.05) is 48.5 Å². The van der Waals surface area contributed by atoms with Gasteiger partial charge in [0.25, 0.3) is 5.91 Å². The van der Waals surface area contributed by atoms with Gasteiger partial charge in [-0.3, -0.25) is 4.79 Å². The molecule has 1 aliphatic rings. The smallest absolute Gasteiger partial charge is 0.255 e. The molecule has 26 heavy (non-hydrogen) atoms. The molecule has 1 heterocycles. The van der Waals surface area contributed by atoms with Crippen molar-refractivity contribution >= 4 is 11.6 Å². The lowest BCUT2D eigenvalue weighted by molar-refractivity contribution is 0.0935. The highest BCUT2D eigenvalue weighted by molar-refractivity contribution is 6.01. The van der Waals surface area contributed by atoms with Crippen molar-refractivity contribution in [3.8, 4) is 5.75 Å². The number of carbonyl (C=O) groups excluding carboxylic acids is 1. The molecule has 0 bridgehead atoms. The fourth-order valence-electron chi connectivity index (χ4n) is 3.06. The molecular formula is C22H20N2O2. The van der Waals surface area contributed by atoms with Crippen LogP contribution in [0.2, 0.25) is 0 Å². The van der Waals surface area contributed by atoms with Gasteiger partial charge in [0.1, 0.15) is 18.5 Å². The van der Waals surface area contributed by atoms with E-state index in [9.17, 15) is 4.79 Å². The molecule has 1 unspecified atom stereocenters. The number of fused-ring (bicyclic) bond motifs is 1. The monoisotopic (exact) mass is 344 g/mol. The molecule has 0 saturated carbocycles. The highest BCUT2D eigenvalue weighted by atomic mass is 16.5. The minimum absolute atomic E-state index is 0.0855. The molecule has 0 fully saturated rings. The number of benzene rings is 3. The number of hydrogen-bond donors (Lipinski definition) is 2. The molecule has 4 rings (SSSR count). The molecule has 0 saturated heterocycles. The zero-order valence-corrected chi connectivity index (χ0v) is 14.5. The second-order valence-corrected chi connectivity index (χ2v) is 6.41. The maximum atomic E-state index is 12.4. The molecular weight excluding hydrogens is 324 g/mol. The average molecular weight is 344 g/mol. The summed E-state index contributed by atoms with van der Waals surface area (Å²) in [6, 6.07) is 23.6. The van der Waals surface area contributed by atoms with E-state index in [4.69, 9.17) is 4.74 Å². The van der Waals surface area contributed by atoms with Crippen LogP contribution in [-0.4, -0.2) is 5.91 Å². The van der Waals surface area contributed by atoms with Crippen molar-refractivity contribution in [1.29, 1.82) is 0 Å². The van der Waals surface area contributed by atoms with Crippen LogP contribution in [0.3, 0.4) is 0 Å². The molecule has 4 nitrogen and oxygen atoms in total. The summed E-state index contributed by atoms with van der Waals surface area (Å²) >= 11 is 0. The molecule has 0 spiro atoms. The van der Waals surface area contributed by atoms with Gasteiger partial charge in [-0.1, -0.05) is 60.2 Å². The third-order valence-electron chi connectivity index (χ3n) is 4.49. The highest BCUT2D eigenvalue weighted by Crippen LogP contribution is 2.31. The van der Waals surface area contributed by atoms with Crippen LogP contribution in [0.15, 0.2) is 72.8 Å². The second-order valence-electron chi connectivity index (χ2n) is 6.41. The zero-order chi connectivity index (χ0) is 17.9. The molecule has 4 heteroatoms. The summed E-state index contributed by atoms with van der Waals surface area (Å²) < 4.78 is 6.05. The topological polar surface area (TPSA) is 50.4 Å². The van der Waals surface area contributed by atoms with E-state index in [-0.39, 0.29) is 12.1 Å². The summed E-state index contributed by atoms with van der Waals surface area (Å²) in [4.78, 5) is 12.4. The number of amides is 1. The molecule has 1 atom stereocenters. The van der Waals surface area contributed by atoms with E-state index in [1.54, 1.807) is 0 Å². The number of ether oxygens (including phenoxy) is 1. The Morgan fingerprint density at radius 2 is 1.62 bits per heavy atom. The SMILES string of the molecule is Cc1ccc(COc2ccccc2C2NC(=O)c3ccccc3N2)cc1. The van der Waals surface area contributed by atoms with Gasteiger partial charge in [0.2, 0.25) is 0 Å². The largest absolute Gasteiger partial charge is 0.488 e. The van der Waals surface area contributed by atoms with Gasteiger partial charge in [0, 0.05) is 11.3 Å². The van der Waals surface area contributed by atoms with E-state index in [0.29, 0.717) is 12.2 Å². The first-order valence-corrected chi connectivity index (χ1v) is 8.64. The van der Waals surface area contributed by atoms with E-state index in [0.717, 1.165) is 22.6 Å². The average Bonchev–Trinajstić information content (AvgIpc) is 2.68. The molecule has 1 aliphatic heterocycles. The quantitative estimate of drug-likeness (QED) is 0.736. The standard InChI is InChI=1S/C22H20N2O2/c1-15-10-12-16(13-11-15)14-26-20-9-5-3-7-18(20)21-23-19-8-4-2-6-17(19)22(25)24-21/h2-13,21,23H,14H2,1H3,(H,24,25). The first-order valence-electron chi connectivity index (χ1n) is 8.64. The Hall–Kier alpha value is -3.27. The maximum absolute atomic E-state index is 12.4. The van der Waals surface area contributed by atoms with Gasteiger partial charge in [-0.15, -0.1) is 0 Å². The lowest BCUT2D eigenvalue weighted by Gasteiger charge is -2.29. The van der Waals surface area contributed by atoms with Crippen LogP contribution in [0.5, 0.6) is 5.75 Å². The Morgan fingerprint density at radius 1 is 0.885 bits per heavy atom. The third kappa shape index (κ3) is 3.26. The summed E-state index contributed by atoms with van der Waals surface area (Å²) in [7, 11) is 0. The number of hydrogen-bond acceptors (Lipinski definition) is 3. The Morgan fingerprint density at radius 3 is 2.46 bits per heavy atom. The van der Waals surface area contributed by atoms with Crippen LogP contribution in [0.1, 0.15) is 33.2 Å². The van der Waals surface area contributed by atoms with E-state index in [2.05, 4.69) is 41.8 Å². The van der Waals surface area contributed by atoms with Crippen LogP contribution < -0.4 is 15.4 Å². The van der Waals surface area contributed by atoms with Gasteiger partial charge in [-0.2, -0.15) is 0 Å². The Labute approximate surface area is 152 Å². The van der Waals surface area contributed by atoms with Crippen LogP contribution in [0.25, 0.3) is 0 Å². The normalized spacial score (nSPS) is 15.6. The van der Waals surface area contributed by atoms with E-state index < -0.39 is 0 Å². The number of anilines is 1. The van der Waals surface area contributed by atoms with E-state index in [1.165, 1.54) is 5.56 Å². The molecule has 0 aromatic heterocycles. The first-order chi connectivity index (χ1) is 12.7. The molecule has 1 amide bonds. The van der Waals surface area contributed by atoms with Crippen molar-refractivity contribution in [2.75, 3.05) is 5.32 Å². The van der Waals surface area contributed by atoms with Gasteiger partial charge < -0.3 is 15.4 Å². The molecule has 0 aliphatic carbocycles. The van der Waals surface area contributed by atoms with Crippen LogP contribution in [0, 0.1) is 6.92 Å². The number of nitrogens with one attached hydrogen (secondary N) is 2. The lowest BCUT2D eigenvalue weighted by Crippen LogP contribution is -2.38. The van der Waals surface area contributed by atoms with Crippen LogP contribution >= 0.6 is 0 Å². The fraction of sp³-hybridized carbons (Fsp3) is 0.136. The third-order valence-corrected chi connectivity index (χ3v) is 4.49. The molecule has 0 radical (unpaired) electrons. The van der Waals surface area contributed by atoms with Crippen molar-refractivity contribution in [1.82, 2.24) is 5.32 Å². The van der Waals surface area contributed by atoms with Crippen LogP contribution in [0.4, 0.5) is 5.69 Å². The predicted molar refractivity (Wildman–Crippen MR) is 102 cm³/mol. The fourth-order valence-corrected chi connectivity index (χ4v) is 3.06. The van der Waals surface area contributed by atoms with E-state index >= 15 is 0 Å². The second kappa shape index (κ2) is 6.92. The van der Waals surface area contributed by atoms with Crippen molar-refractivity contribution in [2.45, 2.75) is 19.7 Å². The van der Waals surface area contributed by atoms with Gasteiger partial charge >= 0.3 is 0 Å². The summed E-state index contributed by atoms with van der Waals surface area (Å²) in [5, 5.41) is 6.38. The number of carbonyl (C=O) groups is 1. The molecule has 3 aromatic carbocycles. The number of rotatable bonds is 4. The Bertz CT molecular complexity index is 935. The van der Waals surface area contributed by atoms with Crippen molar-refractivity contribution in [3.63, 3.8) is 0 Å². The first kappa shape index (κ1) is 16.2. The number of aryl methyl sites for hydroxylation is 1. The maximum Gasteiger partial charge on any atom is 0.255 e. The molecule has 130 valence electrons. The summed E-state index contributed by atoms with van der Waals surface area (Å²) in [6.07, 6.45) is -0.327. The minimum atomic E-state index is -0.327. The predicted octanol–water partition coefficient (Wildman–Crippen LogP) is 4.43. The van der Waals surface area contributed by atoms with Gasteiger partial charge in [-0.25, -0.2) is 0 Å². The zero-order valence-electron chi connectivity index (χ0n) is 14.5. The van der Waals surface area contributed by atoms with Crippen LogP contribution in [-0.2, 0) is 6.61 Å². The molecule has 3 aromatic rings. The number of para-hydroxylation sites is 2. The Balaban J connectivity index is 1.56. The summed E-state index contributed by atoms with van der Waals surface area (Å²) in [6.45, 7) is 2.55. The summed E-state index contributed by atoms with van der Waals surface area (Å²) in [5.74, 6) is 0.669. The minimum Gasteiger partial charge on any atom is -0.488 e. The van der Waals surface area contributed by atoms with Crippen molar-refractivity contribution in [2.24, 2.45) is 0 Å². The van der Waals surface area contributed by atoms with Gasteiger partial charge in [0.15, 0.2) is 0 Å². The van der Waals surface area contributed by atoms with Crippen molar-refractivity contribution in [3.05, 3.63) is 95.1 Å².